The summed E-state index contributed by atoms with van der Waals surface area (Å²) in [5, 5.41) is 9.49. The molecule has 0 atom stereocenters. The molecule has 1 fully saturated rings. The third-order valence-corrected chi connectivity index (χ3v) is 4.89. The smallest absolute Gasteiger partial charge is 0.309 e. The molecule has 1 aliphatic rings. The highest BCUT2D eigenvalue weighted by molar-refractivity contribution is 5.74. The first kappa shape index (κ1) is 17.5. The van der Waals surface area contributed by atoms with E-state index in [-0.39, 0.29) is 0 Å². The molecule has 0 aromatic rings. The summed E-state index contributed by atoms with van der Waals surface area (Å²) in [6.45, 7) is 13.0. The number of nitrogens with zero attached hydrogens (tertiary/aromatic N) is 1. The second kappa shape index (κ2) is 7.44. The summed E-state index contributed by atoms with van der Waals surface area (Å²) in [7, 11) is 0. The standard InChI is InChI=1S/C17H33NO2/c1-6-17(16(19)20)7-9-18(10-8-17)15(11-13(2)3)12-14(4)5/h13-15H,6-12H2,1-5H3,(H,19,20). The lowest BCUT2D eigenvalue weighted by Gasteiger charge is -2.43. The Hall–Kier alpha value is -0.570. The van der Waals surface area contributed by atoms with Gasteiger partial charge in [0.05, 0.1) is 5.41 Å². The van der Waals surface area contributed by atoms with Gasteiger partial charge >= 0.3 is 5.97 Å². The molecule has 1 aliphatic heterocycles. The lowest BCUT2D eigenvalue weighted by Crippen LogP contribution is -2.48. The van der Waals surface area contributed by atoms with Crippen LogP contribution in [0, 0.1) is 17.3 Å². The van der Waals surface area contributed by atoms with E-state index in [0.29, 0.717) is 17.9 Å². The largest absolute Gasteiger partial charge is 0.481 e. The van der Waals surface area contributed by atoms with Crippen molar-refractivity contribution in [3.63, 3.8) is 0 Å². The van der Waals surface area contributed by atoms with Gasteiger partial charge in [-0.3, -0.25) is 4.79 Å². The Morgan fingerprint density at radius 3 is 1.85 bits per heavy atom. The second-order valence-corrected chi connectivity index (χ2v) is 7.39. The van der Waals surface area contributed by atoms with E-state index in [9.17, 15) is 9.90 Å². The molecule has 0 radical (unpaired) electrons. The molecule has 1 saturated heterocycles. The van der Waals surface area contributed by atoms with Gasteiger partial charge in [0.2, 0.25) is 0 Å². The molecule has 3 heteroatoms. The average molecular weight is 283 g/mol. The number of rotatable bonds is 7. The molecule has 1 N–H and O–H groups in total. The van der Waals surface area contributed by atoms with Gasteiger partial charge in [0.1, 0.15) is 0 Å². The summed E-state index contributed by atoms with van der Waals surface area (Å²) in [4.78, 5) is 14.1. The fourth-order valence-corrected chi connectivity index (χ4v) is 3.52. The summed E-state index contributed by atoms with van der Waals surface area (Å²) < 4.78 is 0. The van der Waals surface area contributed by atoms with Crippen molar-refractivity contribution in [2.75, 3.05) is 13.1 Å². The Labute approximate surface area is 124 Å². The molecule has 0 amide bonds. The van der Waals surface area contributed by atoms with Crippen molar-refractivity contribution in [1.29, 1.82) is 0 Å². The fourth-order valence-electron chi connectivity index (χ4n) is 3.52. The molecule has 0 saturated carbocycles. The van der Waals surface area contributed by atoms with Gasteiger partial charge in [0.15, 0.2) is 0 Å². The maximum Gasteiger partial charge on any atom is 0.309 e. The van der Waals surface area contributed by atoms with E-state index in [1.54, 1.807) is 0 Å². The second-order valence-electron chi connectivity index (χ2n) is 7.39. The SMILES string of the molecule is CCC1(C(=O)O)CCN(C(CC(C)C)CC(C)C)CC1. The fraction of sp³-hybridized carbons (Fsp3) is 0.941. The van der Waals surface area contributed by atoms with Crippen LogP contribution in [0.3, 0.4) is 0 Å². The quantitative estimate of drug-likeness (QED) is 0.767. The highest BCUT2D eigenvalue weighted by Gasteiger charge is 2.41. The van der Waals surface area contributed by atoms with Gasteiger partial charge < -0.3 is 10.0 Å². The molecule has 118 valence electrons. The normalized spacial score (nSPS) is 20.0. The van der Waals surface area contributed by atoms with E-state index in [2.05, 4.69) is 32.6 Å². The number of hydrogen-bond acceptors (Lipinski definition) is 2. The van der Waals surface area contributed by atoms with Crippen molar-refractivity contribution in [3.8, 4) is 0 Å². The zero-order chi connectivity index (χ0) is 15.3. The summed E-state index contributed by atoms with van der Waals surface area (Å²) in [5.41, 5.74) is -0.462. The minimum Gasteiger partial charge on any atom is -0.481 e. The van der Waals surface area contributed by atoms with Crippen LogP contribution in [0.2, 0.25) is 0 Å². The van der Waals surface area contributed by atoms with Gasteiger partial charge in [0.25, 0.3) is 0 Å². The highest BCUT2D eigenvalue weighted by atomic mass is 16.4. The van der Waals surface area contributed by atoms with Crippen molar-refractivity contribution in [1.82, 2.24) is 4.90 Å². The molecule has 0 aromatic heterocycles. The van der Waals surface area contributed by atoms with Gasteiger partial charge in [-0.25, -0.2) is 0 Å². The predicted molar refractivity (Wildman–Crippen MR) is 83.9 cm³/mol. The third-order valence-electron chi connectivity index (χ3n) is 4.89. The van der Waals surface area contributed by atoms with Crippen molar-refractivity contribution in [2.45, 2.75) is 72.8 Å². The van der Waals surface area contributed by atoms with Crippen LogP contribution in [-0.4, -0.2) is 35.1 Å². The molecule has 0 bridgehead atoms. The van der Waals surface area contributed by atoms with Crippen LogP contribution in [0.5, 0.6) is 0 Å². The van der Waals surface area contributed by atoms with Crippen LogP contribution in [0.4, 0.5) is 0 Å². The summed E-state index contributed by atoms with van der Waals surface area (Å²) in [6, 6.07) is 0.624. The van der Waals surface area contributed by atoms with Crippen LogP contribution < -0.4 is 0 Å². The number of carboxylic acids is 1. The Morgan fingerprint density at radius 2 is 1.55 bits per heavy atom. The van der Waals surface area contributed by atoms with Gasteiger partial charge in [0, 0.05) is 6.04 Å². The number of hydrogen-bond donors (Lipinski definition) is 1. The van der Waals surface area contributed by atoms with Crippen molar-refractivity contribution in [2.24, 2.45) is 17.3 Å². The Morgan fingerprint density at radius 1 is 1.10 bits per heavy atom. The molecular formula is C17H33NO2. The highest BCUT2D eigenvalue weighted by Crippen LogP contribution is 2.36. The molecule has 20 heavy (non-hydrogen) atoms. The maximum absolute atomic E-state index is 11.5. The molecular weight excluding hydrogens is 250 g/mol. The molecule has 1 rings (SSSR count). The van der Waals surface area contributed by atoms with Crippen molar-refractivity contribution >= 4 is 5.97 Å². The molecule has 1 heterocycles. The summed E-state index contributed by atoms with van der Waals surface area (Å²) in [6.07, 6.45) is 4.83. The summed E-state index contributed by atoms with van der Waals surface area (Å²) >= 11 is 0. The first-order chi connectivity index (χ1) is 9.30. The molecule has 0 spiro atoms. The van der Waals surface area contributed by atoms with Gasteiger partial charge in [-0.1, -0.05) is 34.6 Å². The molecule has 0 aromatic carbocycles. The van der Waals surface area contributed by atoms with E-state index in [0.717, 1.165) is 32.4 Å². The Bertz CT molecular complexity index is 294. The van der Waals surface area contributed by atoms with E-state index in [1.807, 2.05) is 6.92 Å². The van der Waals surface area contributed by atoms with Crippen LogP contribution in [0.15, 0.2) is 0 Å². The van der Waals surface area contributed by atoms with Crippen LogP contribution >= 0.6 is 0 Å². The van der Waals surface area contributed by atoms with E-state index >= 15 is 0 Å². The minimum absolute atomic E-state index is 0.462. The predicted octanol–water partition coefficient (Wildman–Crippen LogP) is 4.02. The van der Waals surface area contributed by atoms with Crippen molar-refractivity contribution < 1.29 is 9.90 Å². The molecule has 0 unspecified atom stereocenters. The first-order valence-electron chi connectivity index (χ1n) is 8.28. The number of carbonyl (C=O) groups is 1. The Balaban J connectivity index is 2.66. The number of aliphatic carboxylic acids is 1. The summed E-state index contributed by atoms with van der Waals surface area (Å²) in [5.74, 6) is 0.816. The monoisotopic (exact) mass is 283 g/mol. The lowest BCUT2D eigenvalue weighted by molar-refractivity contribution is -0.152. The number of piperidine rings is 1. The number of likely N-dealkylation sites (tertiary alicyclic amines) is 1. The number of carboxylic acid groups (broad SMARTS) is 1. The van der Waals surface area contributed by atoms with Crippen molar-refractivity contribution in [3.05, 3.63) is 0 Å². The van der Waals surface area contributed by atoms with Crippen LogP contribution in [0.1, 0.15) is 66.7 Å². The van der Waals surface area contributed by atoms with Gasteiger partial charge in [-0.05, 0) is 57.0 Å². The Kier molecular flexibility index (Phi) is 6.50. The van der Waals surface area contributed by atoms with E-state index in [1.165, 1.54) is 12.8 Å². The van der Waals surface area contributed by atoms with Crippen LogP contribution in [0.25, 0.3) is 0 Å². The zero-order valence-corrected chi connectivity index (χ0v) is 14.0. The third kappa shape index (κ3) is 4.47. The zero-order valence-electron chi connectivity index (χ0n) is 14.0. The van der Waals surface area contributed by atoms with Gasteiger partial charge in [-0.2, -0.15) is 0 Å². The average Bonchev–Trinajstić information content (AvgIpc) is 2.36. The minimum atomic E-state index is -0.594. The molecule has 3 nitrogen and oxygen atoms in total. The lowest BCUT2D eigenvalue weighted by atomic mass is 9.75. The topological polar surface area (TPSA) is 40.5 Å². The van der Waals surface area contributed by atoms with E-state index < -0.39 is 11.4 Å². The molecule has 0 aliphatic carbocycles. The van der Waals surface area contributed by atoms with E-state index in [4.69, 9.17) is 0 Å². The first-order valence-corrected chi connectivity index (χ1v) is 8.28. The van der Waals surface area contributed by atoms with Gasteiger partial charge in [-0.15, -0.1) is 0 Å². The van der Waals surface area contributed by atoms with Crippen LogP contribution in [-0.2, 0) is 4.79 Å². The maximum atomic E-state index is 11.5.